The number of imidazole rings is 1. The van der Waals surface area contributed by atoms with Gasteiger partial charge >= 0.3 is 0 Å². The third-order valence-electron chi connectivity index (χ3n) is 11.2. The molecule has 0 atom stereocenters. The van der Waals surface area contributed by atoms with Gasteiger partial charge < -0.3 is 18.4 Å². The second-order valence-electron chi connectivity index (χ2n) is 16.9. The van der Waals surface area contributed by atoms with Gasteiger partial charge in [-0.2, -0.15) is 0 Å². The third-order valence-corrected chi connectivity index (χ3v) is 13.2. The summed E-state index contributed by atoms with van der Waals surface area (Å²) in [4.78, 5) is 9.42. The molecule has 4 aromatic heterocycles. The van der Waals surface area contributed by atoms with Gasteiger partial charge in [0.2, 0.25) is 0 Å². The van der Waals surface area contributed by atoms with Crippen molar-refractivity contribution in [2.24, 2.45) is 0 Å². The molecule has 0 saturated heterocycles. The van der Waals surface area contributed by atoms with Crippen molar-refractivity contribution in [3.63, 3.8) is 0 Å². The molecule has 0 aliphatic rings. The minimum atomic E-state index is -1.23. The standard InChI is InChI=1S/C39H31N2O2.C14H16NSi.Ir/c1-23(2)30-19-26(25-11-6-5-7-12-25)20-31(24(3)4)37(30)41-18-17-40-39(41)29-15-10-14-28-33-22-35-32(21-36(33)43-38(28)29)27-13-8-9-16-34(27)42-35;1-16(2,3)13-9-10-14(15-11-13)12-7-5-4-6-8-12;/h5-14,16-24H,1-4H3;4-7,9-11H,1-3H3;/q2*-1;. The van der Waals surface area contributed by atoms with Crippen LogP contribution < -0.4 is 5.19 Å². The Labute approximate surface area is 366 Å². The quantitative estimate of drug-likeness (QED) is 0.118. The fraction of sp³-hybridized carbons (Fsp3) is 0.170. The van der Waals surface area contributed by atoms with Crippen molar-refractivity contribution >= 4 is 57.1 Å². The van der Waals surface area contributed by atoms with E-state index in [1.54, 1.807) is 0 Å². The molecule has 0 saturated carbocycles. The van der Waals surface area contributed by atoms with Crippen molar-refractivity contribution in [3.8, 4) is 39.5 Å². The van der Waals surface area contributed by atoms with E-state index in [-0.39, 0.29) is 20.1 Å². The molecule has 0 amide bonds. The summed E-state index contributed by atoms with van der Waals surface area (Å²) in [5.74, 6) is 1.43. The Morgan fingerprint density at radius 3 is 1.95 bits per heavy atom. The van der Waals surface area contributed by atoms with Crippen LogP contribution in [0, 0.1) is 12.1 Å². The first-order valence-corrected chi connectivity index (χ1v) is 23.9. The average molecular weight is 978 g/mol. The Kier molecular flexibility index (Phi) is 11.4. The zero-order valence-electron chi connectivity index (χ0n) is 35.0. The van der Waals surface area contributed by atoms with E-state index < -0.39 is 8.07 Å². The van der Waals surface area contributed by atoms with E-state index in [0.29, 0.717) is 11.8 Å². The molecule has 0 N–H and O–H groups in total. The van der Waals surface area contributed by atoms with Crippen LogP contribution in [0.1, 0.15) is 50.7 Å². The average Bonchev–Trinajstić information content (AvgIpc) is 3.98. The number of rotatable bonds is 7. The largest absolute Gasteiger partial charge is 0.501 e. The second-order valence-corrected chi connectivity index (χ2v) is 22.0. The second kappa shape index (κ2) is 16.7. The van der Waals surface area contributed by atoms with E-state index in [4.69, 9.17) is 13.8 Å². The first-order chi connectivity index (χ1) is 28.5. The summed E-state index contributed by atoms with van der Waals surface area (Å²) in [6, 6.07) is 50.6. The maximum absolute atomic E-state index is 6.63. The summed E-state index contributed by atoms with van der Waals surface area (Å²) < 4.78 is 15.1. The summed E-state index contributed by atoms with van der Waals surface area (Å²) in [5, 5.41) is 5.58. The van der Waals surface area contributed by atoms with Gasteiger partial charge in [0.25, 0.3) is 0 Å². The van der Waals surface area contributed by atoms with Crippen LogP contribution in [-0.2, 0) is 20.1 Å². The van der Waals surface area contributed by atoms with E-state index in [9.17, 15) is 0 Å². The fourth-order valence-electron chi connectivity index (χ4n) is 7.98. The fourth-order valence-corrected chi connectivity index (χ4v) is 9.01. The number of fused-ring (bicyclic) bond motifs is 6. The zero-order valence-corrected chi connectivity index (χ0v) is 38.4. The normalized spacial score (nSPS) is 11.8. The van der Waals surface area contributed by atoms with Crippen LogP contribution in [0.4, 0.5) is 0 Å². The maximum atomic E-state index is 6.63. The number of nitrogens with zero attached hydrogens (tertiary/aromatic N) is 3. The van der Waals surface area contributed by atoms with Crippen LogP contribution in [0.2, 0.25) is 19.6 Å². The number of hydrogen-bond acceptors (Lipinski definition) is 4. The molecule has 0 spiro atoms. The Hall–Kier alpha value is -5.85. The van der Waals surface area contributed by atoms with Crippen LogP contribution in [-0.4, -0.2) is 22.6 Å². The molecule has 6 aromatic carbocycles. The van der Waals surface area contributed by atoms with Crippen molar-refractivity contribution in [3.05, 3.63) is 169 Å². The van der Waals surface area contributed by atoms with Crippen LogP contribution in [0.3, 0.4) is 0 Å². The number of para-hydroxylation sites is 1. The molecule has 60 heavy (non-hydrogen) atoms. The molecule has 301 valence electrons. The Balaban J connectivity index is 0.000000248. The summed E-state index contributed by atoms with van der Waals surface area (Å²) >= 11 is 0. The van der Waals surface area contributed by atoms with Gasteiger partial charge in [0.15, 0.2) is 0 Å². The van der Waals surface area contributed by atoms with E-state index >= 15 is 0 Å². The molecular formula is C53H47IrN3O2Si-2. The molecular weight excluding hydrogens is 931 g/mol. The predicted octanol–water partition coefficient (Wildman–Crippen LogP) is 14.1. The Bertz CT molecular complexity index is 3050. The molecule has 0 fully saturated rings. The number of aromatic nitrogens is 3. The van der Waals surface area contributed by atoms with Gasteiger partial charge in [-0.3, -0.25) is 4.98 Å². The predicted molar refractivity (Wildman–Crippen MR) is 247 cm³/mol. The Morgan fingerprint density at radius 2 is 1.28 bits per heavy atom. The summed E-state index contributed by atoms with van der Waals surface area (Å²) in [6.45, 7) is 16.0. The van der Waals surface area contributed by atoms with Crippen LogP contribution in [0.5, 0.6) is 0 Å². The summed E-state index contributed by atoms with van der Waals surface area (Å²) in [6.07, 6.45) is 5.96. The molecule has 0 bridgehead atoms. The van der Waals surface area contributed by atoms with Crippen LogP contribution >= 0.6 is 0 Å². The SMILES string of the molecule is CC(C)c1cc(-c2ccccc2)cc(C(C)C)c1-n1ccnc1-c1[c-]ccc2c1oc1cc3c(cc12)oc1ccccc13.C[Si](C)(C)c1ccc(-c2[c-]cccc2)nc1.[Ir]. The van der Waals surface area contributed by atoms with Gasteiger partial charge in [-0.15, -0.1) is 54.1 Å². The third kappa shape index (κ3) is 7.69. The van der Waals surface area contributed by atoms with Crippen molar-refractivity contribution < 1.29 is 28.9 Å². The molecule has 10 aromatic rings. The molecule has 0 aliphatic heterocycles. The molecule has 4 heterocycles. The van der Waals surface area contributed by atoms with E-state index in [0.717, 1.165) is 66.5 Å². The molecule has 1 radical (unpaired) electrons. The molecule has 0 aliphatic carbocycles. The molecule has 10 rings (SSSR count). The van der Waals surface area contributed by atoms with E-state index in [1.165, 1.54) is 33.1 Å². The summed E-state index contributed by atoms with van der Waals surface area (Å²) in [7, 11) is -1.23. The van der Waals surface area contributed by atoms with Crippen LogP contribution in [0.15, 0.2) is 155 Å². The topological polar surface area (TPSA) is 57.0 Å². The summed E-state index contributed by atoms with van der Waals surface area (Å²) in [5.41, 5.74) is 12.5. The van der Waals surface area contributed by atoms with Crippen molar-refractivity contribution in [2.75, 3.05) is 0 Å². The minimum Gasteiger partial charge on any atom is -0.501 e. The Morgan fingerprint density at radius 1 is 0.600 bits per heavy atom. The number of hydrogen-bond donors (Lipinski definition) is 0. The van der Waals surface area contributed by atoms with Gasteiger partial charge in [0.05, 0.1) is 19.5 Å². The van der Waals surface area contributed by atoms with Gasteiger partial charge in [-0.05, 0) is 75.3 Å². The minimum absolute atomic E-state index is 0. The molecule has 5 nitrogen and oxygen atoms in total. The first kappa shape index (κ1) is 40.9. The van der Waals surface area contributed by atoms with Gasteiger partial charge in [-0.1, -0.05) is 119 Å². The number of pyridine rings is 1. The molecule has 0 unspecified atom stereocenters. The van der Waals surface area contributed by atoms with Crippen molar-refractivity contribution in [1.29, 1.82) is 0 Å². The number of furan rings is 2. The molecule has 7 heteroatoms. The maximum Gasteiger partial charge on any atom is 0.136 e. The van der Waals surface area contributed by atoms with Crippen molar-refractivity contribution in [1.82, 2.24) is 14.5 Å². The smallest absolute Gasteiger partial charge is 0.136 e. The van der Waals surface area contributed by atoms with Crippen LogP contribution in [0.25, 0.3) is 83.3 Å². The van der Waals surface area contributed by atoms with Gasteiger partial charge in [0.1, 0.15) is 16.7 Å². The van der Waals surface area contributed by atoms with Gasteiger partial charge in [-0.25, -0.2) is 0 Å². The number of benzene rings is 6. The van der Waals surface area contributed by atoms with Gasteiger partial charge in [0, 0.05) is 60.5 Å². The monoisotopic (exact) mass is 978 g/mol. The van der Waals surface area contributed by atoms with Crippen molar-refractivity contribution in [2.45, 2.75) is 59.2 Å². The van der Waals surface area contributed by atoms with E-state index in [2.05, 4.69) is 154 Å². The first-order valence-electron chi connectivity index (χ1n) is 20.4. The zero-order chi connectivity index (χ0) is 40.8. The van der Waals surface area contributed by atoms with E-state index in [1.807, 2.05) is 60.9 Å².